The molecule has 8 heteroatoms. The zero-order chi connectivity index (χ0) is 24.2. The molecule has 1 aliphatic heterocycles. The van der Waals surface area contributed by atoms with Gasteiger partial charge in [-0.05, 0) is 64.3 Å². The molecule has 1 unspecified atom stereocenters. The van der Waals surface area contributed by atoms with Crippen LogP contribution < -0.4 is 15.5 Å². The van der Waals surface area contributed by atoms with E-state index in [9.17, 15) is 9.59 Å². The normalized spacial score (nSPS) is 14.6. The average Bonchev–Trinajstić information content (AvgIpc) is 3.48. The SMILES string of the molecule is CCCC(NC(=O)c1cc2cnn(C(C)C)c2nc1C)C(=O)Nc1cccc(N2CCCC2)c1. The topological polar surface area (TPSA) is 92.1 Å². The van der Waals surface area contributed by atoms with Crippen LogP contribution in [0.3, 0.4) is 0 Å². The van der Waals surface area contributed by atoms with Gasteiger partial charge in [0.25, 0.3) is 5.91 Å². The molecule has 4 rings (SSSR count). The summed E-state index contributed by atoms with van der Waals surface area (Å²) in [7, 11) is 0. The highest BCUT2D eigenvalue weighted by Crippen LogP contribution is 2.24. The summed E-state index contributed by atoms with van der Waals surface area (Å²) in [4.78, 5) is 33.2. The number of nitrogens with one attached hydrogen (secondary N) is 2. The first kappa shape index (κ1) is 23.7. The van der Waals surface area contributed by atoms with E-state index < -0.39 is 6.04 Å². The predicted molar refractivity (Wildman–Crippen MR) is 135 cm³/mol. The van der Waals surface area contributed by atoms with Crippen molar-refractivity contribution in [2.75, 3.05) is 23.3 Å². The second kappa shape index (κ2) is 10.2. The molecule has 0 saturated carbocycles. The van der Waals surface area contributed by atoms with Gasteiger partial charge < -0.3 is 15.5 Å². The summed E-state index contributed by atoms with van der Waals surface area (Å²) in [6.45, 7) is 9.97. The molecule has 0 radical (unpaired) electrons. The number of aromatic nitrogens is 3. The van der Waals surface area contributed by atoms with Crippen LogP contribution in [0.1, 0.15) is 68.5 Å². The Bertz CT molecular complexity index is 1180. The van der Waals surface area contributed by atoms with Crippen molar-refractivity contribution in [1.29, 1.82) is 0 Å². The first-order valence-corrected chi connectivity index (χ1v) is 12.2. The van der Waals surface area contributed by atoms with E-state index in [1.54, 1.807) is 12.3 Å². The Morgan fingerprint density at radius 2 is 1.91 bits per heavy atom. The second-order valence-electron chi connectivity index (χ2n) is 9.27. The van der Waals surface area contributed by atoms with Gasteiger partial charge in [-0.25, -0.2) is 9.67 Å². The fraction of sp³-hybridized carbons (Fsp3) is 0.462. The molecule has 2 aromatic heterocycles. The number of pyridine rings is 1. The Morgan fingerprint density at radius 1 is 1.15 bits per heavy atom. The van der Waals surface area contributed by atoms with E-state index in [0.29, 0.717) is 17.7 Å². The standard InChI is InChI=1S/C26H34N6O2/c1-5-9-23(26(34)29-20-10-8-11-21(15-20)31-12-6-7-13-31)30-25(33)22-14-19-16-27-32(17(2)3)24(19)28-18(22)4/h8,10-11,14-17,23H,5-7,9,12-13H2,1-4H3,(H,29,34)(H,30,33). The number of hydrogen-bond donors (Lipinski definition) is 2. The van der Waals surface area contributed by atoms with Crippen molar-refractivity contribution < 1.29 is 9.59 Å². The highest BCUT2D eigenvalue weighted by atomic mass is 16.2. The van der Waals surface area contributed by atoms with Crippen LogP contribution in [0, 0.1) is 6.92 Å². The third kappa shape index (κ3) is 5.05. The van der Waals surface area contributed by atoms with Crippen molar-refractivity contribution in [3.8, 4) is 0 Å². The lowest BCUT2D eigenvalue weighted by molar-refractivity contribution is -0.118. The van der Waals surface area contributed by atoms with Crippen molar-refractivity contribution in [2.24, 2.45) is 0 Å². The number of benzene rings is 1. The van der Waals surface area contributed by atoms with Crippen LogP contribution >= 0.6 is 0 Å². The summed E-state index contributed by atoms with van der Waals surface area (Å²) >= 11 is 0. The van der Waals surface area contributed by atoms with E-state index in [1.165, 1.54) is 12.8 Å². The molecule has 3 heterocycles. The molecule has 1 aliphatic rings. The van der Waals surface area contributed by atoms with Crippen molar-refractivity contribution in [2.45, 2.75) is 65.5 Å². The lowest BCUT2D eigenvalue weighted by Crippen LogP contribution is -2.44. The highest BCUT2D eigenvalue weighted by molar-refractivity contribution is 6.03. The van der Waals surface area contributed by atoms with Gasteiger partial charge >= 0.3 is 0 Å². The van der Waals surface area contributed by atoms with Crippen LogP contribution in [0.25, 0.3) is 11.0 Å². The van der Waals surface area contributed by atoms with Crippen LogP contribution in [0.5, 0.6) is 0 Å². The summed E-state index contributed by atoms with van der Waals surface area (Å²) in [5.74, 6) is -0.517. The third-order valence-corrected chi connectivity index (χ3v) is 6.28. The van der Waals surface area contributed by atoms with E-state index in [1.807, 2.05) is 50.6 Å². The van der Waals surface area contributed by atoms with Gasteiger partial charge in [0.05, 0.1) is 17.5 Å². The summed E-state index contributed by atoms with van der Waals surface area (Å²) < 4.78 is 1.84. The predicted octanol–water partition coefficient (Wildman–Crippen LogP) is 4.46. The minimum absolute atomic E-state index is 0.172. The summed E-state index contributed by atoms with van der Waals surface area (Å²) in [6, 6.07) is 9.25. The Kier molecular flexibility index (Phi) is 7.14. The molecular weight excluding hydrogens is 428 g/mol. The number of rotatable bonds is 8. The molecule has 180 valence electrons. The maximum absolute atomic E-state index is 13.2. The zero-order valence-electron chi connectivity index (χ0n) is 20.5. The molecule has 2 amide bonds. The summed E-state index contributed by atoms with van der Waals surface area (Å²) in [5, 5.41) is 11.1. The average molecular weight is 463 g/mol. The summed E-state index contributed by atoms with van der Waals surface area (Å²) in [6.07, 6.45) is 5.42. The monoisotopic (exact) mass is 462 g/mol. The van der Waals surface area contributed by atoms with Gasteiger partial charge in [0, 0.05) is 35.9 Å². The minimum Gasteiger partial charge on any atom is -0.371 e. The quantitative estimate of drug-likeness (QED) is 0.516. The first-order valence-electron chi connectivity index (χ1n) is 12.2. The molecule has 8 nitrogen and oxygen atoms in total. The number of fused-ring (bicyclic) bond motifs is 1. The van der Waals surface area contributed by atoms with Gasteiger partial charge in [-0.2, -0.15) is 5.10 Å². The number of hydrogen-bond acceptors (Lipinski definition) is 5. The Balaban J connectivity index is 1.49. The molecule has 1 aromatic carbocycles. The van der Waals surface area contributed by atoms with Crippen LogP contribution in [0.4, 0.5) is 11.4 Å². The fourth-order valence-electron chi connectivity index (χ4n) is 4.45. The van der Waals surface area contributed by atoms with Crippen LogP contribution in [0.2, 0.25) is 0 Å². The highest BCUT2D eigenvalue weighted by Gasteiger charge is 2.23. The smallest absolute Gasteiger partial charge is 0.253 e. The number of anilines is 2. The number of carbonyl (C=O) groups is 2. The Hall–Kier alpha value is -3.42. The minimum atomic E-state index is -0.638. The molecular formula is C26H34N6O2. The maximum Gasteiger partial charge on any atom is 0.253 e. The van der Waals surface area contributed by atoms with Crippen LogP contribution in [-0.4, -0.2) is 45.7 Å². The lowest BCUT2D eigenvalue weighted by atomic mass is 10.1. The number of nitrogens with zero attached hydrogens (tertiary/aromatic N) is 4. The molecule has 1 saturated heterocycles. The molecule has 0 bridgehead atoms. The van der Waals surface area contributed by atoms with E-state index >= 15 is 0 Å². The fourth-order valence-corrected chi connectivity index (χ4v) is 4.45. The molecule has 3 aromatic rings. The number of amides is 2. The molecule has 2 N–H and O–H groups in total. The van der Waals surface area contributed by atoms with E-state index in [0.717, 1.165) is 41.9 Å². The van der Waals surface area contributed by atoms with Crippen molar-refractivity contribution >= 4 is 34.2 Å². The van der Waals surface area contributed by atoms with Crippen molar-refractivity contribution in [1.82, 2.24) is 20.1 Å². The number of aryl methyl sites for hydroxylation is 1. The zero-order valence-corrected chi connectivity index (χ0v) is 20.5. The largest absolute Gasteiger partial charge is 0.371 e. The van der Waals surface area contributed by atoms with Gasteiger partial charge in [-0.3, -0.25) is 9.59 Å². The molecule has 0 aliphatic carbocycles. The van der Waals surface area contributed by atoms with Gasteiger partial charge in [0.15, 0.2) is 5.65 Å². The maximum atomic E-state index is 13.2. The van der Waals surface area contributed by atoms with Gasteiger partial charge in [-0.15, -0.1) is 0 Å². The lowest BCUT2D eigenvalue weighted by Gasteiger charge is -2.21. The Labute approximate surface area is 200 Å². The first-order chi connectivity index (χ1) is 16.4. The second-order valence-corrected chi connectivity index (χ2v) is 9.27. The molecule has 34 heavy (non-hydrogen) atoms. The van der Waals surface area contributed by atoms with Crippen molar-refractivity contribution in [3.05, 3.63) is 47.8 Å². The van der Waals surface area contributed by atoms with E-state index in [-0.39, 0.29) is 17.9 Å². The van der Waals surface area contributed by atoms with Crippen LogP contribution in [-0.2, 0) is 4.79 Å². The van der Waals surface area contributed by atoms with E-state index in [4.69, 9.17) is 0 Å². The Morgan fingerprint density at radius 3 is 2.62 bits per heavy atom. The molecule has 0 spiro atoms. The molecule has 1 fully saturated rings. The van der Waals surface area contributed by atoms with Gasteiger partial charge in [0.2, 0.25) is 5.91 Å². The van der Waals surface area contributed by atoms with E-state index in [2.05, 4.69) is 31.7 Å². The molecule has 1 atom stereocenters. The third-order valence-electron chi connectivity index (χ3n) is 6.28. The number of carbonyl (C=O) groups excluding carboxylic acids is 2. The van der Waals surface area contributed by atoms with Gasteiger partial charge in [0.1, 0.15) is 6.04 Å². The van der Waals surface area contributed by atoms with Crippen molar-refractivity contribution in [3.63, 3.8) is 0 Å². The van der Waals surface area contributed by atoms with Crippen LogP contribution in [0.15, 0.2) is 36.5 Å². The van der Waals surface area contributed by atoms with Gasteiger partial charge in [-0.1, -0.05) is 19.4 Å². The summed E-state index contributed by atoms with van der Waals surface area (Å²) in [5.41, 5.74) is 3.68.